The van der Waals surface area contributed by atoms with Gasteiger partial charge in [-0.2, -0.15) is 0 Å². The molecule has 0 spiro atoms. The standard InChI is InChI=1S/C22H31N5O2.HI/c1-23-22(27-10-12-29-20(15-27)19-9-6-11-28-19)24-14-16-13-21(26(2)3)25-18-8-5-4-7-17(16)18;/h4-5,7-8,13,19-20H,6,9-12,14-15H2,1-3H3,(H,23,24);1H. The maximum absolute atomic E-state index is 5.99. The zero-order chi connectivity index (χ0) is 20.2. The second-order valence-electron chi connectivity index (χ2n) is 7.86. The summed E-state index contributed by atoms with van der Waals surface area (Å²) >= 11 is 0. The number of pyridine rings is 1. The lowest BCUT2D eigenvalue weighted by Crippen LogP contribution is -2.53. The van der Waals surface area contributed by atoms with Gasteiger partial charge in [0.1, 0.15) is 11.9 Å². The van der Waals surface area contributed by atoms with E-state index in [9.17, 15) is 0 Å². The van der Waals surface area contributed by atoms with E-state index >= 15 is 0 Å². The van der Waals surface area contributed by atoms with Crippen LogP contribution in [0.3, 0.4) is 0 Å². The Kier molecular flexibility index (Phi) is 8.13. The number of hydrogen-bond donors (Lipinski definition) is 1. The Bertz CT molecular complexity index is 870. The number of morpholine rings is 1. The number of benzene rings is 1. The molecule has 1 aromatic carbocycles. The Morgan fingerprint density at radius 2 is 2.03 bits per heavy atom. The highest BCUT2D eigenvalue weighted by molar-refractivity contribution is 14.0. The van der Waals surface area contributed by atoms with Crippen molar-refractivity contribution in [3.05, 3.63) is 35.9 Å². The lowest BCUT2D eigenvalue weighted by atomic mass is 10.1. The monoisotopic (exact) mass is 525 g/mol. The van der Waals surface area contributed by atoms with Gasteiger partial charge >= 0.3 is 0 Å². The van der Waals surface area contributed by atoms with Gasteiger partial charge in [-0.25, -0.2) is 4.98 Å². The van der Waals surface area contributed by atoms with Crippen LogP contribution in [0, 0.1) is 0 Å². The molecule has 3 heterocycles. The molecule has 4 rings (SSSR count). The Morgan fingerprint density at radius 3 is 2.77 bits per heavy atom. The number of para-hydroxylation sites is 1. The average molecular weight is 525 g/mol. The molecule has 2 atom stereocenters. The maximum Gasteiger partial charge on any atom is 0.194 e. The van der Waals surface area contributed by atoms with Crippen LogP contribution in [0.1, 0.15) is 18.4 Å². The summed E-state index contributed by atoms with van der Waals surface area (Å²) in [6.07, 6.45) is 2.54. The van der Waals surface area contributed by atoms with Crippen molar-refractivity contribution in [3.8, 4) is 0 Å². The molecular weight excluding hydrogens is 493 g/mol. The van der Waals surface area contributed by atoms with Crippen LogP contribution in [0.15, 0.2) is 35.3 Å². The van der Waals surface area contributed by atoms with Crippen LogP contribution in [-0.4, -0.2) is 75.5 Å². The van der Waals surface area contributed by atoms with Gasteiger partial charge in [-0.05, 0) is 30.5 Å². The SMILES string of the molecule is CN=C(NCc1cc(N(C)C)nc2ccccc12)N1CCOC(C2CCCO2)C1.I. The van der Waals surface area contributed by atoms with Gasteiger partial charge in [0.15, 0.2) is 5.96 Å². The third-order valence-electron chi connectivity index (χ3n) is 5.67. The Balaban J connectivity index is 0.00000256. The van der Waals surface area contributed by atoms with E-state index in [-0.39, 0.29) is 36.2 Å². The van der Waals surface area contributed by atoms with E-state index in [2.05, 4.69) is 39.5 Å². The fraction of sp³-hybridized carbons (Fsp3) is 0.545. The molecule has 1 N–H and O–H groups in total. The normalized spacial score (nSPS) is 22.1. The molecule has 1 aromatic heterocycles. The molecule has 0 saturated carbocycles. The topological polar surface area (TPSA) is 62.2 Å². The molecule has 0 bridgehead atoms. The molecule has 30 heavy (non-hydrogen) atoms. The third kappa shape index (κ3) is 5.15. The molecule has 2 aliphatic rings. The molecule has 2 aromatic rings. The molecule has 0 radical (unpaired) electrons. The average Bonchev–Trinajstić information content (AvgIpc) is 3.29. The summed E-state index contributed by atoms with van der Waals surface area (Å²) < 4.78 is 11.8. The number of guanidine groups is 1. The zero-order valence-electron chi connectivity index (χ0n) is 18.0. The van der Waals surface area contributed by atoms with Crippen LogP contribution < -0.4 is 10.2 Å². The van der Waals surface area contributed by atoms with Crippen LogP contribution in [0.5, 0.6) is 0 Å². The smallest absolute Gasteiger partial charge is 0.194 e. The summed E-state index contributed by atoms with van der Waals surface area (Å²) in [6, 6.07) is 10.4. The second-order valence-corrected chi connectivity index (χ2v) is 7.86. The van der Waals surface area contributed by atoms with Gasteiger partial charge in [-0.3, -0.25) is 4.99 Å². The molecule has 8 heteroatoms. The maximum atomic E-state index is 5.99. The highest BCUT2D eigenvalue weighted by Gasteiger charge is 2.32. The molecule has 2 saturated heterocycles. The Morgan fingerprint density at radius 1 is 1.23 bits per heavy atom. The summed E-state index contributed by atoms with van der Waals surface area (Å²) in [5, 5.41) is 4.73. The number of fused-ring (bicyclic) bond motifs is 1. The minimum atomic E-state index is 0. The molecule has 0 amide bonds. The minimum Gasteiger partial charge on any atom is -0.375 e. The Labute approximate surface area is 195 Å². The minimum absolute atomic E-state index is 0. The first-order valence-electron chi connectivity index (χ1n) is 10.4. The third-order valence-corrected chi connectivity index (χ3v) is 5.67. The number of aromatic nitrogens is 1. The first-order valence-corrected chi connectivity index (χ1v) is 10.4. The summed E-state index contributed by atoms with van der Waals surface area (Å²) in [7, 11) is 5.88. The molecule has 7 nitrogen and oxygen atoms in total. The lowest BCUT2D eigenvalue weighted by molar-refractivity contribution is -0.0817. The van der Waals surface area contributed by atoms with E-state index in [1.807, 2.05) is 32.1 Å². The quantitative estimate of drug-likeness (QED) is 0.377. The number of ether oxygens (including phenoxy) is 2. The van der Waals surface area contributed by atoms with Crippen molar-refractivity contribution in [1.29, 1.82) is 0 Å². The molecule has 164 valence electrons. The summed E-state index contributed by atoms with van der Waals surface area (Å²) in [6.45, 7) is 3.89. The van der Waals surface area contributed by atoms with E-state index in [0.717, 1.165) is 49.8 Å². The van der Waals surface area contributed by atoms with Gasteiger partial charge in [0.25, 0.3) is 0 Å². The number of rotatable bonds is 4. The van der Waals surface area contributed by atoms with Crippen LogP contribution >= 0.6 is 24.0 Å². The fourth-order valence-electron chi connectivity index (χ4n) is 4.10. The Hall–Kier alpha value is -1.65. The van der Waals surface area contributed by atoms with Gasteiger partial charge in [-0.15, -0.1) is 24.0 Å². The summed E-state index contributed by atoms with van der Waals surface area (Å²) in [4.78, 5) is 13.6. The van der Waals surface area contributed by atoms with Crippen molar-refractivity contribution >= 4 is 46.7 Å². The van der Waals surface area contributed by atoms with Crippen molar-refractivity contribution in [1.82, 2.24) is 15.2 Å². The van der Waals surface area contributed by atoms with Crippen molar-refractivity contribution in [2.24, 2.45) is 4.99 Å². The van der Waals surface area contributed by atoms with Crippen molar-refractivity contribution in [2.45, 2.75) is 31.6 Å². The predicted octanol–water partition coefficient (Wildman–Crippen LogP) is 2.87. The molecule has 2 fully saturated rings. The molecule has 2 unspecified atom stereocenters. The lowest BCUT2D eigenvalue weighted by Gasteiger charge is -2.37. The fourth-order valence-corrected chi connectivity index (χ4v) is 4.10. The first-order chi connectivity index (χ1) is 14.2. The van der Waals surface area contributed by atoms with E-state index in [4.69, 9.17) is 14.5 Å². The van der Waals surface area contributed by atoms with E-state index in [1.54, 1.807) is 0 Å². The van der Waals surface area contributed by atoms with E-state index in [0.29, 0.717) is 13.2 Å². The number of nitrogens with zero attached hydrogens (tertiary/aromatic N) is 4. The van der Waals surface area contributed by atoms with E-state index < -0.39 is 0 Å². The zero-order valence-corrected chi connectivity index (χ0v) is 20.3. The summed E-state index contributed by atoms with van der Waals surface area (Å²) in [5.74, 6) is 1.86. The van der Waals surface area contributed by atoms with Gasteiger partial charge in [0, 0.05) is 52.8 Å². The molecular formula is C22H32IN5O2. The van der Waals surface area contributed by atoms with Crippen molar-refractivity contribution < 1.29 is 9.47 Å². The molecule has 2 aliphatic heterocycles. The highest BCUT2D eigenvalue weighted by atomic mass is 127. The summed E-state index contributed by atoms with van der Waals surface area (Å²) in [5.41, 5.74) is 2.22. The highest BCUT2D eigenvalue weighted by Crippen LogP contribution is 2.23. The number of aliphatic imine (C=N–C) groups is 1. The largest absolute Gasteiger partial charge is 0.375 e. The number of nitrogens with one attached hydrogen (secondary N) is 1. The van der Waals surface area contributed by atoms with Gasteiger partial charge < -0.3 is 24.6 Å². The van der Waals surface area contributed by atoms with Crippen LogP contribution in [0.4, 0.5) is 5.82 Å². The van der Waals surface area contributed by atoms with Gasteiger partial charge in [0.05, 0.1) is 18.2 Å². The first kappa shape index (κ1) is 23.0. The predicted molar refractivity (Wildman–Crippen MR) is 132 cm³/mol. The van der Waals surface area contributed by atoms with Crippen molar-refractivity contribution in [2.75, 3.05) is 52.3 Å². The van der Waals surface area contributed by atoms with Gasteiger partial charge in [0.2, 0.25) is 0 Å². The van der Waals surface area contributed by atoms with Gasteiger partial charge in [-0.1, -0.05) is 18.2 Å². The number of anilines is 1. The second kappa shape index (κ2) is 10.6. The van der Waals surface area contributed by atoms with E-state index in [1.165, 1.54) is 10.9 Å². The van der Waals surface area contributed by atoms with Crippen molar-refractivity contribution in [3.63, 3.8) is 0 Å². The van der Waals surface area contributed by atoms with Crippen LogP contribution in [0.2, 0.25) is 0 Å². The number of hydrogen-bond acceptors (Lipinski definition) is 5. The molecule has 0 aliphatic carbocycles. The number of halogens is 1. The van der Waals surface area contributed by atoms with Crippen LogP contribution in [0.25, 0.3) is 10.9 Å². The van der Waals surface area contributed by atoms with Crippen LogP contribution in [-0.2, 0) is 16.0 Å².